The Morgan fingerprint density at radius 1 is 0.882 bits per heavy atom. The zero-order valence-corrected chi connectivity index (χ0v) is 20.8. The maximum Gasteiger partial charge on any atom is 0.242 e. The fraction of sp³-hybridized carbons (Fsp3) is 0.269. The molecule has 0 saturated heterocycles. The number of benzene rings is 3. The number of amides is 1. The first-order valence-electron chi connectivity index (χ1n) is 10.8. The summed E-state index contributed by atoms with van der Waals surface area (Å²) < 4.78 is 40.0. The van der Waals surface area contributed by atoms with E-state index >= 15 is 0 Å². The van der Waals surface area contributed by atoms with Gasteiger partial charge in [-0.25, -0.2) is 8.42 Å². The Kier molecular flexibility index (Phi) is 7.96. The van der Waals surface area contributed by atoms with E-state index in [-0.39, 0.29) is 11.3 Å². The number of nitrogens with one attached hydrogen (secondary N) is 2. The van der Waals surface area contributed by atoms with E-state index in [1.807, 2.05) is 49.4 Å². The molecule has 0 bridgehead atoms. The Balaban J connectivity index is 1.93. The highest BCUT2D eigenvalue weighted by molar-refractivity contribution is 7.89. The lowest BCUT2D eigenvalue weighted by atomic mass is 10.1. The maximum absolute atomic E-state index is 13.4. The highest BCUT2D eigenvalue weighted by atomic mass is 32.2. The van der Waals surface area contributed by atoms with Gasteiger partial charge in [0.1, 0.15) is 6.04 Å². The number of aryl methyl sites for hydroxylation is 3. The van der Waals surface area contributed by atoms with Crippen LogP contribution >= 0.6 is 0 Å². The number of carbonyl (C=O) groups excluding carboxylic acids is 1. The molecule has 0 heterocycles. The molecule has 7 nitrogen and oxygen atoms in total. The lowest BCUT2D eigenvalue weighted by Gasteiger charge is -2.21. The number of ether oxygens (including phenoxy) is 2. The highest BCUT2D eigenvalue weighted by Gasteiger charge is 2.28. The summed E-state index contributed by atoms with van der Waals surface area (Å²) >= 11 is 0. The summed E-state index contributed by atoms with van der Waals surface area (Å²) in [6, 6.07) is 16.8. The molecule has 0 aromatic heterocycles. The van der Waals surface area contributed by atoms with Gasteiger partial charge in [-0.15, -0.1) is 0 Å². The smallest absolute Gasteiger partial charge is 0.242 e. The predicted molar refractivity (Wildman–Crippen MR) is 133 cm³/mol. The van der Waals surface area contributed by atoms with E-state index in [2.05, 4.69) is 10.0 Å². The van der Waals surface area contributed by atoms with Crippen LogP contribution < -0.4 is 19.5 Å². The Bertz CT molecular complexity index is 1250. The summed E-state index contributed by atoms with van der Waals surface area (Å²) in [4.78, 5) is 13.5. The lowest BCUT2D eigenvalue weighted by molar-refractivity contribution is -0.117. The zero-order chi connectivity index (χ0) is 24.9. The van der Waals surface area contributed by atoms with Gasteiger partial charge >= 0.3 is 0 Å². The molecule has 2 N–H and O–H groups in total. The van der Waals surface area contributed by atoms with Gasteiger partial charge in [0, 0.05) is 11.8 Å². The molecule has 0 radical (unpaired) electrons. The number of anilines is 1. The molecule has 8 heteroatoms. The summed E-state index contributed by atoms with van der Waals surface area (Å²) in [5.41, 5.74) is 3.52. The van der Waals surface area contributed by atoms with Crippen molar-refractivity contribution in [2.75, 3.05) is 19.5 Å². The Hall–Kier alpha value is -3.36. The molecule has 180 valence electrons. The normalized spacial score (nSPS) is 12.1. The van der Waals surface area contributed by atoms with Crippen LogP contribution in [-0.2, 0) is 21.2 Å². The summed E-state index contributed by atoms with van der Waals surface area (Å²) in [5.74, 6) is 0.487. The second-order valence-corrected chi connectivity index (χ2v) is 9.80. The van der Waals surface area contributed by atoms with Gasteiger partial charge in [0.2, 0.25) is 15.9 Å². The van der Waals surface area contributed by atoms with Crippen molar-refractivity contribution in [2.24, 2.45) is 0 Å². The van der Waals surface area contributed by atoms with Gasteiger partial charge in [0.25, 0.3) is 0 Å². The van der Waals surface area contributed by atoms with Crippen molar-refractivity contribution in [1.82, 2.24) is 4.72 Å². The third-order valence-electron chi connectivity index (χ3n) is 5.42. The van der Waals surface area contributed by atoms with E-state index in [9.17, 15) is 13.2 Å². The molecule has 0 aliphatic rings. The van der Waals surface area contributed by atoms with Gasteiger partial charge in [-0.05, 0) is 56.0 Å². The molecule has 3 rings (SSSR count). The molecular weight excluding hydrogens is 452 g/mol. The predicted octanol–water partition coefficient (Wildman–Crippen LogP) is 4.16. The second-order valence-electron chi connectivity index (χ2n) is 8.15. The standard InChI is InChI=1S/C26H30N2O5S/c1-17-13-18(2)25(19(3)14-17)34(30,31)28-22(15-20-9-7-6-8-10-20)26(29)27-21-11-12-23(32-4)24(16-21)33-5/h6-14,16,22,28H,15H2,1-5H3,(H,27,29). The third kappa shape index (κ3) is 5.95. The van der Waals surface area contributed by atoms with Crippen LogP contribution in [0.1, 0.15) is 22.3 Å². The first-order valence-corrected chi connectivity index (χ1v) is 12.3. The van der Waals surface area contributed by atoms with Crippen LogP contribution in [0, 0.1) is 20.8 Å². The molecule has 3 aromatic carbocycles. The number of sulfonamides is 1. The van der Waals surface area contributed by atoms with Gasteiger partial charge in [0.05, 0.1) is 19.1 Å². The highest BCUT2D eigenvalue weighted by Crippen LogP contribution is 2.30. The molecule has 3 aromatic rings. The fourth-order valence-corrected chi connectivity index (χ4v) is 5.67. The number of hydrogen-bond acceptors (Lipinski definition) is 5. The van der Waals surface area contributed by atoms with Crippen LogP contribution in [0.5, 0.6) is 11.5 Å². The van der Waals surface area contributed by atoms with E-state index in [0.717, 1.165) is 11.1 Å². The SMILES string of the molecule is COc1ccc(NC(=O)C(Cc2ccccc2)NS(=O)(=O)c2c(C)cc(C)cc2C)cc1OC. The van der Waals surface area contributed by atoms with E-state index in [1.54, 1.807) is 32.0 Å². The van der Waals surface area contributed by atoms with Gasteiger partial charge in [0.15, 0.2) is 11.5 Å². The summed E-state index contributed by atoms with van der Waals surface area (Å²) in [6.07, 6.45) is 0.184. The van der Waals surface area contributed by atoms with Crippen molar-refractivity contribution in [2.45, 2.75) is 38.1 Å². The number of methoxy groups -OCH3 is 2. The fourth-order valence-electron chi connectivity index (χ4n) is 4.02. The van der Waals surface area contributed by atoms with E-state index in [0.29, 0.717) is 28.3 Å². The van der Waals surface area contributed by atoms with Crippen molar-refractivity contribution < 1.29 is 22.7 Å². The topological polar surface area (TPSA) is 93.7 Å². The molecule has 0 aliphatic carbocycles. The molecule has 0 spiro atoms. The van der Waals surface area contributed by atoms with E-state index in [4.69, 9.17) is 9.47 Å². The van der Waals surface area contributed by atoms with E-state index in [1.165, 1.54) is 14.2 Å². The van der Waals surface area contributed by atoms with Crippen LogP contribution in [0.2, 0.25) is 0 Å². The van der Waals surface area contributed by atoms with Crippen molar-refractivity contribution >= 4 is 21.6 Å². The van der Waals surface area contributed by atoms with Gasteiger partial charge < -0.3 is 14.8 Å². The van der Waals surface area contributed by atoms with Gasteiger partial charge in [-0.1, -0.05) is 48.0 Å². The summed E-state index contributed by atoms with van der Waals surface area (Å²) in [6.45, 7) is 5.42. The number of hydrogen-bond donors (Lipinski definition) is 2. The molecule has 1 unspecified atom stereocenters. The van der Waals surface area contributed by atoms with Crippen LogP contribution in [0.15, 0.2) is 65.6 Å². The van der Waals surface area contributed by atoms with Gasteiger partial charge in [-0.2, -0.15) is 4.72 Å². The minimum absolute atomic E-state index is 0.184. The largest absolute Gasteiger partial charge is 0.493 e. The number of carbonyl (C=O) groups is 1. The Morgan fingerprint density at radius 2 is 1.50 bits per heavy atom. The average molecular weight is 483 g/mol. The summed E-state index contributed by atoms with van der Waals surface area (Å²) in [7, 11) is -0.948. The maximum atomic E-state index is 13.4. The molecule has 1 atom stereocenters. The third-order valence-corrected chi connectivity index (χ3v) is 7.20. The average Bonchev–Trinajstić information content (AvgIpc) is 2.78. The molecule has 0 fully saturated rings. The molecule has 0 saturated carbocycles. The van der Waals surface area contributed by atoms with Gasteiger partial charge in [-0.3, -0.25) is 4.79 Å². The Labute approximate surface area is 201 Å². The monoisotopic (exact) mass is 482 g/mol. The van der Waals surface area contributed by atoms with Crippen LogP contribution in [0.25, 0.3) is 0 Å². The molecular formula is C26H30N2O5S. The first-order chi connectivity index (χ1) is 16.1. The molecule has 0 aliphatic heterocycles. The van der Waals surface area contributed by atoms with Crippen molar-refractivity contribution in [1.29, 1.82) is 0 Å². The van der Waals surface area contributed by atoms with Crippen LogP contribution in [0.3, 0.4) is 0 Å². The molecule has 1 amide bonds. The minimum Gasteiger partial charge on any atom is -0.493 e. The zero-order valence-electron chi connectivity index (χ0n) is 20.0. The first kappa shape index (κ1) is 25.3. The summed E-state index contributed by atoms with van der Waals surface area (Å²) in [5, 5.41) is 2.80. The van der Waals surface area contributed by atoms with Crippen molar-refractivity contribution in [3.8, 4) is 11.5 Å². The number of rotatable bonds is 9. The van der Waals surface area contributed by atoms with Crippen LogP contribution in [-0.4, -0.2) is 34.6 Å². The lowest BCUT2D eigenvalue weighted by Crippen LogP contribution is -2.45. The Morgan fingerprint density at radius 3 is 2.09 bits per heavy atom. The van der Waals surface area contributed by atoms with E-state index < -0.39 is 22.0 Å². The van der Waals surface area contributed by atoms with Crippen LogP contribution in [0.4, 0.5) is 5.69 Å². The second kappa shape index (κ2) is 10.7. The molecule has 34 heavy (non-hydrogen) atoms. The van der Waals surface area contributed by atoms with Crippen molar-refractivity contribution in [3.05, 3.63) is 82.9 Å². The minimum atomic E-state index is -3.97. The quantitative estimate of drug-likeness (QED) is 0.478. The van der Waals surface area contributed by atoms with Crippen molar-refractivity contribution in [3.63, 3.8) is 0 Å².